The van der Waals surface area contributed by atoms with Crippen LogP contribution in [0.3, 0.4) is 0 Å². The fraction of sp³-hybridized carbons (Fsp3) is 0.107. The van der Waals surface area contributed by atoms with Gasteiger partial charge >= 0.3 is 0 Å². The lowest BCUT2D eigenvalue weighted by Crippen LogP contribution is -2.65. The lowest BCUT2D eigenvalue weighted by molar-refractivity contribution is -0.127. The summed E-state index contributed by atoms with van der Waals surface area (Å²) in [6.07, 6.45) is 0.375. The van der Waals surface area contributed by atoms with E-state index >= 15 is 0 Å². The van der Waals surface area contributed by atoms with Crippen molar-refractivity contribution in [2.75, 3.05) is 10.3 Å². The maximum absolute atomic E-state index is 13.9. The van der Waals surface area contributed by atoms with Crippen LogP contribution in [0.5, 0.6) is 0 Å². The normalized spacial score (nSPS) is 17.5. The van der Waals surface area contributed by atoms with E-state index in [0.717, 1.165) is 16.3 Å². The zero-order chi connectivity index (χ0) is 23.5. The molecular weight excluding hydrogens is 424 g/mol. The van der Waals surface area contributed by atoms with E-state index in [4.69, 9.17) is 5.10 Å². The number of hydrogen-bond donors (Lipinski definition) is 2. The lowest BCUT2D eigenvalue weighted by atomic mass is 9.94. The molecule has 0 saturated heterocycles. The first-order valence-corrected chi connectivity index (χ1v) is 11.1. The highest BCUT2D eigenvalue weighted by Crippen LogP contribution is 2.30. The Hall–Kier alpha value is -4.45. The second-order valence-electron chi connectivity index (χ2n) is 8.28. The van der Waals surface area contributed by atoms with Crippen LogP contribution in [-0.4, -0.2) is 23.2 Å². The molecule has 1 unspecified atom stereocenters. The summed E-state index contributed by atoms with van der Waals surface area (Å²) in [4.78, 5) is 26.3. The number of amides is 2. The maximum atomic E-state index is 13.9. The summed E-state index contributed by atoms with van der Waals surface area (Å²) in [5.41, 5.74) is 1.31. The third kappa shape index (κ3) is 4.01. The molecule has 4 aromatic rings. The molecule has 2 amide bonds. The van der Waals surface area contributed by atoms with E-state index in [2.05, 4.69) is 34.9 Å². The summed E-state index contributed by atoms with van der Waals surface area (Å²) in [5, 5.41) is 14.5. The Morgan fingerprint density at radius 1 is 0.853 bits per heavy atom. The molecule has 4 aromatic carbocycles. The van der Waals surface area contributed by atoms with Gasteiger partial charge in [-0.15, -0.1) is 0 Å². The Bertz CT molecular complexity index is 1390. The van der Waals surface area contributed by atoms with Gasteiger partial charge in [-0.3, -0.25) is 9.59 Å². The number of hydrazone groups is 1. The van der Waals surface area contributed by atoms with E-state index in [1.807, 2.05) is 78.9 Å². The van der Waals surface area contributed by atoms with Crippen LogP contribution in [0, 0.1) is 0 Å². The van der Waals surface area contributed by atoms with Crippen molar-refractivity contribution in [3.63, 3.8) is 0 Å². The first kappa shape index (κ1) is 21.4. The highest BCUT2D eigenvalue weighted by Gasteiger charge is 2.52. The monoisotopic (exact) mass is 448 g/mol. The molecule has 6 heteroatoms. The number of fused-ring (bicyclic) bond motifs is 1. The second kappa shape index (κ2) is 8.83. The van der Waals surface area contributed by atoms with Crippen molar-refractivity contribution >= 4 is 39.7 Å². The number of carbonyl (C=O) groups excluding carboxylic acids is 2. The predicted octanol–water partition coefficient (Wildman–Crippen LogP) is 4.73. The lowest BCUT2D eigenvalue weighted by Gasteiger charge is -2.32. The van der Waals surface area contributed by atoms with Crippen LogP contribution in [0.4, 0.5) is 11.4 Å². The zero-order valence-corrected chi connectivity index (χ0v) is 18.7. The van der Waals surface area contributed by atoms with Crippen molar-refractivity contribution < 1.29 is 9.59 Å². The van der Waals surface area contributed by atoms with E-state index in [0.29, 0.717) is 23.5 Å². The SMILES string of the molecule is CC(=O)NC1(Nc2ccccc2)C(=O)N(c2ccccc2)N=C1Cc1ccc2ccccc2c1. The summed E-state index contributed by atoms with van der Waals surface area (Å²) in [5.74, 6) is -0.702. The van der Waals surface area contributed by atoms with Gasteiger partial charge in [0, 0.05) is 19.0 Å². The average Bonchev–Trinajstić information content (AvgIpc) is 3.10. The predicted molar refractivity (Wildman–Crippen MR) is 136 cm³/mol. The second-order valence-corrected chi connectivity index (χ2v) is 8.28. The van der Waals surface area contributed by atoms with E-state index in [1.54, 1.807) is 0 Å². The molecule has 0 aromatic heterocycles. The highest BCUT2D eigenvalue weighted by atomic mass is 16.2. The van der Waals surface area contributed by atoms with E-state index in [-0.39, 0.29) is 11.8 Å². The summed E-state index contributed by atoms with van der Waals surface area (Å²) in [7, 11) is 0. The van der Waals surface area contributed by atoms with Crippen molar-refractivity contribution in [1.29, 1.82) is 0 Å². The van der Waals surface area contributed by atoms with Gasteiger partial charge in [0.1, 0.15) is 0 Å². The summed E-state index contributed by atoms with van der Waals surface area (Å²) in [6, 6.07) is 32.9. The minimum Gasteiger partial charge on any atom is -0.350 e. The first-order valence-electron chi connectivity index (χ1n) is 11.1. The van der Waals surface area contributed by atoms with Crippen molar-refractivity contribution in [3.05, 3.63) is 109 Å². The molecule has 0 radical (unpaired) electrons. The topological polar surface area (TPSA) is 73.8 Å². The number of para-hydroxylation sites is 2. The van der Waals surface area contributed by atoms with E-state index in [1.165, 1.54) is 11.9 Å². The van der Waals surface area contributed by atoms with Crippen LogP contribution < -0.4 is 15.6 Å². The van der Waals surface area contributed by atoms with Crippen molar-refractivity contribution in [3.8, 4) is 0 Å². The third-order valence-corrected chi connectivity index (χ3v) is 5.82. The van der Waals surface area contributed by atoms with Crippen molar-refractivity contribution in [2.45, 2.75) is 19.0 Å². The Morgan fingerprint density at radius 3 is 2.21 bits per heavy atom. The highest BCUT2D eigenvalue weighted by molar-refractivity contribution is 6.26. The molecule has 1 aliphatic rings. The summed E-state index contributed by atoms with van der Waals surface area (Å²) in [6.45, 7) is 1.40. The van der Waals surface area contributed by atoms with Gasteiger partial charge < -0.3 is 10.6 Å². The summed E-state index contributed by atoms with van der Waals surface area (Å²) >= 11 is 0. The molecule has 0 aliphatic carbocycles. The Labute approximate surface area is 197 Å². The smallest absolute Gasteiger partial charge is 0.300 e. The van der Waals surface area contributed by atoms with Crippen LogP contribution in [0.2, 0.25) is 0 Å². The van der Waals surface area contributed by atoms with Crippen molar-refractivity contribution in [1.82, 2.24) is 5.32 Å². The number of rotatable bonds is 6. The van der Waals surface area contributed by atoms with Gasteiger partial charge in [-0.2, -0.15) is 10.1 Å². The molecule has 1 atom stereocenters. The Kier molecular flexibility index (Phi) is 5.55. The molecule has 0 bridgehead atoms. The van der Waals surface area contributed by atoms with E-state index in [9.17, 15) is 9.59 Å². The van der Waals surface area contributed by atoms with Crippen LogP contribution in [0.25, 0.3) is 10.8 Å². The fourth-order valence-corrected chi connectivity index (χ4v) is 4.26. The van der Waals surface area contributed by atoms with E-state index < -0.39 is 5.66 Å². The average molecular weight is 449 g/mol. The number of nitrogens with one attached hydrogen (secondary N) is 2. The zero-order valence-electron chi connectivity index (χ0n) is 18.7. The van der Waals surface area contributed by atoms with Gasteiger partial charge in [-0.1, -0.05) is 78.9 Å². The number of hydrogen-bond acceptors (Lipinski definition) is 4. The molecule has 0 fully saturated rings. The molecule has 6 nitrogen and oxygen atoms in total. The molecule has 1 heterocycles. The minimum absolute atomic E-state index is 0.335. The molecular formula is C28H24N4O2. The molecule has 0 saturated carbocycles. The largest absolute Gasteiger partial charge is 0.350 e. The number of carbonyl (C=O) groups is 2. The molecule has 2 N–H and O–H groups in total. The van der Waals surface area contributed by atoms with Gasteiger partial charge in [-0.05, 0) is 40.6 Å². The molecule has 0 spiro atoms. The van der Waals surface area contributed by atoms with Crippen LogP contribution in [0.1, 0.15) is 12.5 Å². The Balaban J connectivity index is 1.61. The molecule has 1 aliphatic heterocycles. The number of nitrogens with zero attached hydrogens (tertiary/aromatic N) is 2. The van der Waals surface area contributed by atoms with Crippen LogP contribution >= 0.6 is 0 Å². The Morgan fingerprint density at radius 2 is 1.50 bits per heavy atom. The van der Waals surface area contributed by atoms with Crippen LogP contribution in [0.15, 0.2) is 108 Å². The maximum Gasteiger partial charge on any atom is 0.300 e. The van der Waals surface area contributed by atoms with Gasteiger partial charge in [0.2, 0.25) is 11.6 Å². The molecule has 5 rings (SSSR count). The summed E-state index contributed by atoms with van der Waals surface area (Å²) < 4.78 is 0. The molecule has 34 heavy (non-hydrogen) atoms. The van der Waals surface area contributed by atoms with Crippen LogP contribution in [-0.2, 0) is 16.0 Å². The van der Waals surface area contributed by atoms with Gasteiger partial charge in [0.05, 0.1) is 11.4 Å². The van der Waals surface area contributed by atoms with Gasteiger partial charge in [-0.25, -0.2) is 0 Å². The van der Waals surface area contributed by atoms with Crippen molar-refractivity contribution in [2.24, 2.45) is 5.10 Å². The third-order valence-electron chi connectivity index (χ3n) is 5.82. The van der Waals surface area contributed by atoms with Gasteiger partial charge in [0.15, 0.2) is 0 Å². The quantitative estimate of drug-likeness (QED) is 0.419. The first-order chi connectivity index (χ1) is 16.5. The van der Waals surface area contributed by atoms with Gasteiger partial charge in [0.25, 0.3) is 5.91 Å². The number of benzene rings is 4. The number of anilines is 2. The fourth-order valence-electron chi connectivity index (χ4n) is 4.26. The standard InChI is InChI=1S/C28H24N4O2/c1-20(33)29-28(30-24-12-4-2-5-13-24)26(31-32(27(28)34)25-14-6-3-7-15-25)19-21-16-17-22-10-8-9-11-23(22)18-21/h2-18,30H,19H2,1H3,(H,29,33). The molecule has 168 valence electrons. The minimum atomic E-state index is -1.52.